The van der Waals surface area contributed by atoms with Gasteiger partial charge in [0.05, 0.1) is 43.2 Å². The molecule has 26 heavy (non-hydrogen) atoms. The standard InChI is InChI=1S/C16H18F3N3O3S/c1-2-7-20-15(23)12-21-8-10-22(11-9-21)26(24,25)14-6-4-3-5-13(14)16(17,18)19/h1,3-6H,7-12H2,(H,20,23)/p+1. The number of sulfonamides is 1. The smallest absolute Gasteiger partial charge is 0.340 e. The quantitative estimate of drug-likeness (QED) is 0.656. The normalized spacial score (nSPS) is 16.8. The molecule has 0 aromatic heterocycles. The molecule has 10 heteroatoms. The molecule has 1 aliphatic rings. The van der Waals surface area contributed by atoms with Crippen molar-refractivity contribution in [2.75, 3.05) is 39.3 Å². The minimum atomic E-state index is -4.76. The zero-order valence-corrected chi connectivity index (χ0v) is 14.7. The molecule has 6 nitrogen and oxygen atoms in total. The number of carbonyl (C=O) groups excluding carboxylic acids is 1. The van der Waals surface area contributed by atoms with Crippen molar-refractivity contribution < 1.29 is 31.3 Å². The Balaban J connectivity index is 2.08. The van der Waals surface area contributed by atoms with Crippen LogP contribution in [0.25, 0.3) is 0 Å². The molecule has 1 heterocycles. The number of hydrogen-bond donors (Lipinski definition) is 2. The van der Waals surface area contributed by atoms with E-state index in [9.17, 15) is 26.4 Å². The van der Waals surface area contributed by atoms with Crippen molar-refractivity contribution in [1.29, 1.82) is 0 Å². The Kier molecular flexibility index (Phi) is 6.28. The number of nitrogens with one attached hydrogen (secondary N) is 2. The number of nitrogens with zero attached hydrogens (tertiary/aromatic N) is 1. The number of carbonyl (C=O) groups is 1. The first-order valence-corrected chi connectivity index (χ1v) is 9.30. The minimum absolute atomic E-state index is 0.0340. The van der Waals surface area contributed by atoms with Crippen LogP contribution < -0.4 is 10.2 Å². The number of hydrogen-bond acceptors (Lipinski definition) is 3. The average Bonchev–Trinajstić information content (AvgIpc) is 2.59. The Morgan fingerprint density at radius 2 is 1.88 bits per heavy atom. The van der Waals surface area contributed by atoms with E-state index in [4.69, 9.17) is 6.42 Å². The van der Waals surface area contributed by atoms with Gasteiger partial charge in [-0.1, -0.05) is 18.1 Å². The van der Waals surface area contributed by atoms with E-state index < -0.39 is 26.7 Å². The summed E-state index contributed by atoms with van der Waals surface area (Å²) in [7, 11) is -4.27. The van der Waals surface area contributed by atoms with Gasteiger partial charge < -0.3 is 10.2 Å². The highest BCUT2D eigenvalue weighted by atomic mass is 32.2. The molecule has 1 saturated heterocycles. The fraction of sp³-hybridized carbons (Fsp3) is 0.438. The SMILES string of the molecule is C#CCNC(=O)C[NH+]1CCN(S(=O)(=O)c2ccccc2C(F)(F)F)CC1. The Morgan fingerprint density at radius 1 is 1.27 bits per heavy atom. The highest BCUT2D eigenvalue weighted by molar-refractivity contribution is 7.89. The van der Waals surface area contributed by atoms with E-state index in [0.717, 1.165) is 27.4 Å². The third-order valence-electron chi connectivity index (χ3n) is 4.04. The van der Waals surface area contributed by atoms with Gasteiger partial charge in [-0.3, -0.25) is 4.79 Å². The maximum atomic E-state index is 13.1. The minimum Gasteiger partial charge on any atom is -0.340 e. The van der Waals surface area contributed by atoms with E-state index in [1.165, 1.54) is 6.07 Å². The van der Waals surface area contributed by atoms with Gasteiger partial charge in [-0.25, -0.2) is 8.42 Å². The summed E-state index contributed by atoms with van der Waals surface area (Å²) in [5.41, 5.74) is -1.18. The lowest BCUT2D eigenvalue weighted by molar-refractivity contribution is -0.895. The molecule has 1 aromatic carbocycles. The molecule has 142 valence electrons. The van der Waals surface area contributed by atoms with Gasteiger partial charge >= 0.3 is 6.18 Å². The van der Waals surface area contributed by atoms with Crippen molar-refractivity contribution in [3.8, 4) is 12.3 Å². The van der Waals surface area contributed by atoms with Crippen LogP contribution >= 0.6 is 0 Å². The number of piperazine rings is 1. The highest BCUT2D eigenvalue weighted by Gasteiger charge is 2.40. The molecule has 1 fully saturated rings. The average molecular weight is 390 g/mol. The van der Waals surface area contributed by atoms with Gasteiger partial charge in [-0.05, 0) is 12.1 Å². The second kappa shape index (κ2) is 8.07. The second-order valence-corrected chi connectivity index (χ2v) is 7.71. The summed E-state index contributed by atoms with van der Waals surface area (Å²) in [5.74, 6) is 2.02. The van der Waals surface area contributed by atoms with E-state index in [2.05, 4.69) is 11.2 Å². The van der Waals surface area contributed by atoms with Crippen LogP contribution in [0.1, 0.15) is 5.56 Å². The molecule has 1 amide bonds. The predicted octanol–water partition coefficient (Wildman–Crippen LogP) is -0.656. The largest absolute Gasteiger partial charge is 0.417 e. The van der Waals surface area contributed by atoms with Crippen molar-refractivity contribution in [3.63, 3.8) is 0 Å². The topological polar surface area (TPSA) is 70.9 Å². The Labute approximate surface area is 150 Å². The van der Waals surface area contributed by atoms with Crippen LogP contribution in [-0.4, -0.2) is 57.9 Å². The first-order chi connectivity index (χ1) is 12.2. The number of benzene rings is 1. The van der Waals surface area contributed by atoms with Gasteiger partial charge in [-0.15, -0.1) is 6.42 Å². The Bertz CT molecular complexity index is 795. The number of amides is 1. The first-order valence-electron chi connectivity index (χ1n) is 7.86. The van der Waals surface area contributed by atoms with Crippen LogP contribution in [0.2, 0.25) is 0 Å². The van der Waals surface area contributed by atoms with Gasteiger partial charge in [0, 0.05) is 0 Å². The van der Waals surface area contributed by atoms with E-state index in [1.807, 2.05) is 0 Å². The highest BCUT2D eigenvalue weighted by Crippen LogP contribution is 2.35. The van der Waals surface area contributed by atoms with Gasteiger partial charge in [-0.2, -0.15) is 17.5 Å². The zero-order chi connectivity index (χ0) is 19.4. The summed E-state index contributed by atoms with van der Waals surface area (Å²) in [6.45, 7) is 0.946. The molecule has 0 unspecified atom stereocenters. The summed E-state index contributed by atoms with van der Waals surface area (Å²) in [6.07, 6.45) is 0.291. The van der Waals surface area contributed by atoms with Crippen molar-refractivity contribution in [1.82, 2.24) is 9.62 Å². The summed E-state index contributed by atoms with van der Waals surface area (Å²) >= 11 is 0. The molecule has 2 N–H and O–H groups in total. The molecule has 0 bridgehead atoms. The van der Waals surface area contributed by atoms with Crippen LogP contribution in [-0.2, 0) is 21.0 Å². The van der Waals surface area contributed by atoms with E-state index >= 15 is 0 Å². The molecular weight excluding hydrogens is 371 g/mol. The van der Waals surface area contributed by atoms with Gasteiger partial charge in [0.2, 0.25) is 10.0 Å². The van der Waals surface area contributed by atoms with E-state index in [1.54, 1.807) is 0 Å². The Morgan fingerprint density at radius 3 is 2.46 bits per heavy atom. The summed E-state index contributed by atoms with van der Waals surface area (Å²) in [4.78, 5) is 11.7. The summed E-state index contributed by atoms with van der Waals surface area (Å²) in [6, 6.07) is 4.13. The van der Waals surface area contributed by atoms with Gasteiger partial charge in [0.15, 0.2) is 6.54 Å². The lowest BCUT2D eigenvalue weighted by Crippen LogP contribution is -3.15. The molecule has 1 aromatic rings. The molecule has 1 aliphatic heterocycles. The van der Waals surface area contributed by atoms with E-state index in [-0.39, 0.29) is 32.1 Å². The third kappa shape index (κ3) is 4.75. The molecule has 0 atom stereocenters. The number of terminal acetylenes is 1. The summed E-state index contributed by atoms with van der Waals surface area (Å²) < 4.78 is 65.6. The van der Waals surface area contributed by atoms with Crippen molar-refractivity contribution in [2.45, 2.75) is 11.1 Å². The number of quaternary nitrogens is 1. The van der Waals surface area contributed by atoms with Crippen LogP contribution in [0.5, 0.6) is 0 Å². The monoisotopic (exact) mass is 390 g/mol. The first kappa shape index (κ1) is 20.2. The molecule has 0 aliphatic carbocycles. The lowest BCUT2D eigenvalue weighted by atomic mass is 10.2. The van der Waals surface area contributed by atoms with Crippen molar-refractivity contribution >= 4 is 15.9 Å². The summed E-state index contributed by atoms with van der Waals surface area (Å²) in [5, 5.41) is 2.52. The van der Waals surface area contributed by atoms with Crippen LogP contribution in [0.3, 0.4) is 0 Å². The number of alkyl halides is 3. The lowest BCUT2D eigenvalue weighted by Gasteiger charge is -2.31. The van der Waals surface area contributed by atoms with Crippen LogP contribution in [0.4, 0.5) is 13.2 Å². The Hall–Kier alpha value is -2.09. The van der Waals surface area contributed by atoms with Crippen molar-refractivity contribution in [2.24, 2.45) is 0 Å². The third-order valence-corrected chi connectivity index (χ3v) is 5.99. The fourth-order valence-electron chi connectivity index (χ4n) is 2.72. The van der Waals surface area contributed by atoms with Gasteiger partial charge in [0.25, 0.3) is 5.91 Å². The number of rotatable bonds is 5. The maximum absolute atomic E-state index is 13.1. The molecule has 0 saturated carbocycles. The van der Waals surface area contributed by atoms with Crippen LogP contribution in [0.15, 0.2) is 29.2 Å². The molecule has 0 spiro atoms. The molecular formula is C16H19F3N3O3S+. The molecule has 0 radical (unpaired) electrons. The maximum Gasteiger partial charge on any atom is 0.417 e. The molecule has 2 rings (SSSR count). The van der Waals surface area contributed by atoms with E-state index in [0.29, 0.717) is 13.1 Å². The fourth-order valence-corrected chi connectivity index (χ4v) is 4.38. The number of halogens is 3. The van der Waals surface area contributed by atoms with Gasteiger partial charge in [0.1, 0.15) is 0 Å². The predicted molar refractivity (Wildman–Crippen MR) is 87.6 cm³/mol. The van der Waals surface area contributed by atoms with Crippen molar-refractivity contribution in [3.05, 3.63) is 29.8 Å². The zero-order valence-electron chi connectivity index (χ0n) is 13.8. The second-order valence-electron chi connectivity index (χ2n) is 5.81. The van der Waals surface area contributed by atoms with Crippen LogP contribution in [0, 0.1) is 12.3 Å².